The first-order valence-corrected chi connectivity index (χ1v) is 9.13. The van der Waals surface area contributed by atoms with Crippen molar-refractivity contribution in [3.63, 3.8) is 0 Å². The van der Waals surface area contributed by atoms with Gasteiger partial charge in [-0.2, -0.15) is 0 Å². The molecule has 1 saturated heterocycles. The maximum Gasteiger partial charge on any atom is 0.219 e. The van der Waals surface area contributed by atoms with Gasteiger partial charge < -0.3 is 10.1 Å². The minimum Gasteiger partial charge on any atom is -0.439 e. The van der Waals surface area contributed by atoms with Crippen LogP contribution in [-0.2, 0) is 0 Å². The van der Waals surface area contributed by atoms with Gasteiger partial charge in [-0.3, -0.25) is 9.38 Å². The summed E-state index contributed by atoms with van der Waals surface area (Å²) in [5.41, 5.74) is 2.83. The zero-order valence-electron chi connectivity index (χ0n) is 14.7. The zero-order chi connectivity index (χ0) is 18.1. The number of nitrogens with zero attached hydrogens (tertiary/aromatic N) is 4. The van der Waals surface area contributed by atoms with Gasteiger partial charge in [0.05, 0.1) is 23.4 Å². The number of para-hydroxylation sites is 1. The molecule has 4 aromatic rings. The molecule has 1 aromatic carbocycles. The second-order valence-corrected chi connectivity index (χ2v) is 6.60. The van der Waals surface area contributed by atoms with E-state index in [2.05, 4.69) is 19.7 Å². The van der Waals surface area contributed by atoms with Crippen molar-refractivity contribution in [1.29, 1.82) is 0 Å². The summed E-state index contributed by atoms with van der Waals surface area (Å²) >= 11 is 0. The lowest BCUT2D eigenvalue weighted by atomic mass is 10.2. The van der Waals surface area contributed by atoms with Crippen LogP contribution in [0.4, 0.5) is 0 Å². The van der Waals surface area contributed by atoms with Crippen LogP contribution in [0.3, 0.4) is 0 Å². The molecule has 0 radical (unpaired) electrons. The van der Waals surface area contributed by atoms with Crippen molar-refractivity contribution >= 4 is 5.52 Å². The largest absolute Gasteiger partial charge is 0.439 e. The molecule has 0 aliphatic carbocycles. The average Bonchev–Trinajstić information content (AvgIpc) is 3.37. The standard InChI is InChI=1S/C21H19N5O/c1-2-5-16(6-3-1)27-19-9-8-15(13-24-19)20-18-14-22-11-12-26(18)21(25-20)17-7-4-10-23-17/h1-3,5-6,8-9,11-14,17,23H,4,7,10H2/t17-/m0/s1. The summed E-state index contributed by atoms with van der Waals surface area (Å²) < 4.78 is 7.91. The van der Waals surface area contributed by atoms with Gasteiger partial charge >= 0.3 is 0 Å². The lowest BCUT2D eigenvalue weighted by Gasteiger charge is -2.08. The second-order valence-electron chi connectivity index (χ2n) is 6.60. The van der Waals surface area contributed by atoms with E-state index < -0.39 is 0 Å². The Labute approximate surface area is 156 Å². The van der Waals surface area contributed by atoms with E-state index in [-0.39, 0.29) is 6.04 Å². The first-order chi connectivity index (χ1) is 13.4. The average molecular weight is 357 g/mol. The normalized spacial score (nSPS) is 16.7. The highest BCUT2D eigenvalue weighted by molar-refractivity contribution is 5.76. The van der Waals surface area contributed by atoms with E-state index >= 15 is 0 Å². The van der Waals surface area contributed by atoms with E-state index in [4.69, 9.17) is 9.72 Å². The molecule has 0 saturated carbocycles. The van der Waals surface area contributed by atoms with Crippen LogP contribution in [0.1, 0.15) is 24.7 Å². The molecule has 1 aliphatic heterocycles. The lowest BCUT2D eigenvalue weighted by Crippen LogP contribution is -2.15. The van der Waals surface area contributed by atoms with Gasteiger partial charge in [0.2, 0.25) is 5.88 Å². The molecule has 1 atom stereocenters. The van der Waals surface area contributed by atoms with Crippen LogP contribution >= 0.6 is 0 Å². The van der Waals surface area contributed by atoms with Crippen molar-refractivity contribution in [1.82, 2.24) is 24.7 Å². The maximum absolute atomic E-state index is 5.78. The molecule has 5 rings (SSSR count). The summed E-state index contributed by atoms with van der Waals surface area (Å²) in [4.78, 5) is 13.7. The SMILES string of the molecule is c1ccc(Oc2ccc(-c3nc([C@@H]4CCCN4)n4ccncc34)cn2)cc1. The number of nitrogens with one attached hydrogen (secondary N) is 1. The Morgan fingerprint density at radius 2 is 2.00 bits per heavy atom. The number of fused-ring (bicyclic) bond motifs is 1. The summed E-state index contributed by atoms with van der Waals surface area (Å²) in [5, 5.41) is 3.53. The van der Waals surface area contributed by atoms with E-state index in [0.717, 1.165) is 41.3 Å². The Morgan fingerprint density at radius 3 is 2.78 bits per heavy atom. The number of ether oxygens (including phenoxy) is 1. The molecule has 27 heavy (non-hydrogen) atoms. The highest BCUT2D eigenvalue weighted by Gasteiger charge is 2.23. The van der Waals surface area contributed by atoms with Crippen molar-refractivity contribution in [2.75, 3.05) is 6.54 Å². The molecule has 6 heteroatoms. The molecular formula is C21H19N5O. The minimum absolute atomic E-state index is 0.280. The zero-order valence-corrected chi connectivity index (χ0v) is 14.7. The summed E-state index contributed by atoms with van der Waals surface area (Å²) in [5.74, 6) is 2.36. The van der Waals surface area contributed by atoms with Crippen LogP contribution in [0.25, 0.3) is 16.8 Å². The molecule has 0 bridgehead atoms. The van der Waals surface area contributed by atoms with E-state index in [1.54, 1.807) is 12.4 Å². The summed E-state index contributed by atoms with van der Waals surface area (Å²) in [6.07, 6.45) is 9.71. The molecule has 1 N–H and O–H groups in total. The van der Waals surface area contributed by atoms with Gasteiger partial charge in [0.1, 0.15) is 11.6 Å². The van der Waals surface area contributed by atoms with Gasteiger partial charge in [-0.15, -0.1) is 0 Å². The Kier molecular flexibility index (Phi) is 4.03. The third kappa shape index (κ3) is 3.04. The monoisotopic (exact) mass is 357 g/mol. The fraction of sp³-hybridized carbons (Fsp3) is 0.190. The van der Waals surface area contributed by atoms with Crippen molar-refractivity contribution < 1.29 is 4.74 Å². The molecular weight excluding hydrogens is 338 g/mol. The predicted octanol–water partition coefficient (Wildman–Crippen LogP) is 4.01. The van der Waals surface area contributed by atoms with E-state index in [9.17, 15) is 0 Å². The predicted molar refractivity (Wildman–Crippen MR) is 103 cm³/mol. The third-order valence-electron chi connectivity index (χ3n) is 4.82. The number of rotatable bonds is 4. The van der Waals surface area contributed by atoms with Gasteiger partial charge in [0.15, 0.2) is 0 Å². The Hall–Kier alpha value is -3.25. The van der Waals surface area contributed by atoms with Gasteiger partial charge in [-0.05, 0) is 37.6 Å². The van der Waals surface area contributed by atoms with Crippen molar-refractivity contribution in [3.05, 3.63) is 73.1 Å². The van der Waals surface area contributed by atoms with Crippen molar-refractivity contribution in [2.24, 2.45) is 0 Å². The van der Waals surface area contributed by atoms with E-state index in [1.807, 2.05) is 54.9 Å². The molecule has 6 nitrogen and oxygen atoms in total. The maximum atomic E-state index is 5.78. The number of pyridine rings is 1. The molecule has 1 aliphatic rings. The summed E-state index contributed by atoms with van der Waals surface area (Å²) in [6.45, 7) is 1.03. The Balaban J connectivity index is 1.50. The Morgan fingerprint density at radius 1 is 1.07 bits per heavy atom. The summed E-state index contributed by atoms with van der Waals surface area (Å²) in [6, 6.07) is 13.8. The number of imidazole rings is 1. The first kappa shape index (κ1) is 16.0. The molecule has 4 heterocycles. The molecule has 0 amide bonds. The van der Waals surface area contributed by atoms with Crippen LogP contribution in [0.5, 0.6) is 11.6 Å². The van der Waals surface area contributed by atoms with Gasteiger partial charge in [-0.1, -0.05) is 18.2 Å². The second kappa shape index (κ2) is 6.81. The highest BCUT2D eigenvalue weighted by atomic mass is 16.5. The molecule has 3 aromatic heterocycles. The quantitative estimate of drug-likeness (QED) is 0.598. The third-order valence-corrected chi connectivity index (χ3v) is 4.82. The smallest absolute Gasteiger partial charge is 0.219 e. The number of aromatic nitrogens is 4. The van der Waals surface area contributed by atoms with E-state index in [0.29, 0.717) is 5.88 Å². The van der Waals surface area contributed by atoms with Crippen molar-refractivity contribution in [3.8, 4) is 22.9 Å². The molecule has 0 spiro atoms. The molecule has 0 unspecified atom stereocenters. The summed E-state index contributed by atoms with van der Waals surface area (Å²) in [7, 11) is 0. The molecule has 134 valence electrons. The fourth-order valence-electron chi connectivity index (χ4n) is 3.52. The van der Waals surface area contributed by atoms with Crippen LogP contribution in [0, 0.1) is 0 Å². The van der Waals surface area contributed by atoms with Crippen LogP contribution in [0.15, 0.2) is 67.3 Å². The van der Waals surface area contributed by atoms with Crippen LogP contribution in [-0.4, -0.2) is 25.9 Å². The number of benzene rings is 1. The number of hydrogen-bond donors (Lipinski definition) is 1. The Bertz CT molecular complexity index is 1050. The minimum atomic E-state index is 0.280. The lowest BCUT2D eigenvalue weighted by molar-refractivity contribution is 0.463. The first-order valence-electron chi connectivity index (χ1n) is 9.13. The topological polar surface area (TPSA) is 64.3 Å². The highest BCUT2D eigenvalue weighted by Crippen LogP contribution is 2.30. The van der Waals surface area contributed by atoms with Crippen LogP contribution in [0.2, 0.25) is 0 Å². The van der Waals surface area contributed by atoms with Gasteiger partial charge in [-0.25, -0.2) is 9.97 Å². The van der Waals surface area contributed by atoms with Crippen molar-refractivity contribution in [2.45, 2.75) is 18.9 Å². The van der Waals surface area contributed by atoms with Gasteiger partial charge in [0.25, 0.3) is 0 Å². The fourth-order valence-corrected chi connectivity index (χ4v) is 3.52. The van der Waals surface area contributed by atoms with Crippen LogP contribution < -0.4 is 10.1 Å². The molecule has 1 fully saturated rings. The number of hydrogen-bond acceptors (Lipinski definition) is 5. The van der Waals surface area contributed by atoms with E-state index in [1.165, 1.54) is 6.42 Å². The van der Waals surface area contributed by atoms with Gasteiger partial charge in [0, 0.05) is 30.2 Å².